The minimum Gasteiger partial charge on any atom is -0.498 e. The van der Waals surface area contributed by atoms with Gasteiger partial charge in [0.25, 0.3) is 0 Å². The molecule has 2 heterocycles. The van der Waals surface area contributed by atoms with Crippen LogP contribution in [0, 0.1) is 5.92 Å². The lowest BCUT2D eigenvalue weighted by atomic mass is 9.94. The Labute approximate surface area is 172 Å². The molecule has 5 nitrogen and oxygen atoms in total. The van der Waals surface area contributed by atoms with Crippen molar-refractivity contribution in [1.29, 1.82) is 0 Å². The number of allylic oxidation sites excluding steroid dienone is 6. The van der Waals surface area contributed by atoms with E-state index in [1.54, 1.807) is 4.90 Å². The number of rotatable bonds is 7. The Morgan fingerprint density at radius 1 is 1.32 bits per heavy atom. The zero-order valence-corrected chi connectivity index (χ0v) is 19.2. The number of hydrogen-bond donors (Lipinski definition) is 0. The number of nitrogens with zero attached hydrogens (tertiary/aromatic N) is 2. The van der Waals surface area contributed by atoms with Gasteiger partial charge in [0.15, 0.2) is 0 Å². The van der Waals surface area contributed by atoms with Gasteiger partial charge in [-0.15, -0.1) is 0 Å². The molecule has 1 unspecified atom stereocenters. The van der Waals surface area contributed by atoms with Crippen molar-refractivity contribution >= 4 is 14.7 Å². The molecule has 0 bridgehead atoms. The van der Waals surface area contributed by atoms with Crippen molar-refractivity contribution in [1.82, 2.24) is 9.80 Å². The monoisotopic (exact) mass is 408 g/mol. The number of ether oxygens (including phenoxy) is 2. The largest absolute Gasteiger partial charge is 0.498 e. The Bertz CT molecular complexity index is 589. The van der Waals surface area contributed by atoms with Gasteiger partial charge in [0, 0.05) is 39.0 Å². The van der Waals surface area contributed by atoms with E-state index in [1.165, 1.54) is 18.1 Å². The lowest BCUT2D eigenvalue weighted by molar-refractivity contribution is 0.0992. The maximum Gasteiger partial charge on any atom is 0.409 e. The van der Waals surface area contributed by atoms with Gasteiger partial charge in [-0.2, -0.15) is 0 Å². The summed E-state index contributed by atoms with van der Waals surface area (Å²) >= 11 is 0. The van der Waals surface area contributed by atoms with Crippen LogP contribution in [-0.4, -0.2) is 63.0 Å². The van der Waals surface area contributed by atoms with Gasteiger partial charge in [0.2, 0.25) is 0 Å². The number of methoxy groups -OCH3 is 1. The maximum atomic E-state index is 11.5. The number of likely N-dealkylation sites (tertiary alicyclic amines) is 1. The van der Waals surface area contributed by atoms with Crippen molar-refractivity contribution in [3.63, 3.8) is 0 Å². The molecule has 1 amide bonds. The molecule has 1 fully saturated rings. The average Bonchev–Trinajstić information content (AvgIpc) is 2.74. The first-order valence-electron chi connectivity index (χ1n) is 10.2. The number of piperidine rings is 1. The van der Waals surface area contributed by atoms with E-state index in [1.807, 2.05) is 19.9 Å². The van der Waals surface area contributed by atoms with Crippen LogP contribution in [0.25, 0.3) is 0 Å². The third-order valence-electron chi connectivity index (χ3n) is 4.78. The van der Waals surface area contributed by atoms with Crippen LogP contribution in [-0.2, 0) is 9.47 Å². The predicted molar refractivity (Wildman–Crippen MR) is 120 cm³/mol. The average molecular weight is 409 g/mol. The molecule has 158 valence electrons. The minimum absolute atomic E-state index is 0.210. The molecule has 0 aromatic rings. The summed E-state index contributed by atoms with van der Waals surface area (Å²) in [5.74, 6) is 1.71. The fourth-order valence-corrected chi connectivity index (χ4v) is 4.51. The van der Waals surface area contributed by atoms with Crippen LogP contribution in [0.1, 0.15) is 33.1 Å². The molecule has 0 radical (unpaired) electrons. The Hall–Kier alpha value is -1.74. The highest BCUT2D eigenvalue weighted by Crippen LogP contribution is 2.36. The normalized spacial score (nSPS) is 18.5. The molecule has 0 aliphatic carbocycles. The first-order chi connectivity index (χ1) is 13.5. The Morgan fingerprint density at radius 2 is 2.00 bits per heavy atom. The molecule has 0 aromatic heterocycles. The van der Waals surface area contributed by atoms with Gasteiger partial charge in [-0.1, -0.05) is 35.1 Å². The fraction of sp³-hybridized carbons (Fsp3) is 0.591. The minimum atomic E-state index is -0.210. The molecule has 0 N–H and O–H groups in total. The van der Waals surface area contributed by atoms with Crippen LogP contribution in [0.2, 0.25) is 0 Å². The molecular weight excluding hydrogens is 371 g/mol. The van der Waals surface area contributed by atoms with Gasteiger partial charge < -0.3 is 19.3 Å². The lowest BCUT2D eigenvalue weighted by Gasteiger charge is -2.31. The SMILES string of the molecule is C=C/C=C(/C1=CC=C(OCCC2CCN(C(=O)OC)CC2)CP1)N(C)C.CC. The van der Waals surface area contributed by atoms with Crippen molar-refractivity contribution in [2.45, 2.75) is 33.1 Å². The molecule has 2 rings (SSSR count). The van der Waals surface area contributed by atoms with E-state index < -0.39 is 0 Å². The summed E-state index contributed by atoms with van der Waals surface area (Å²) in [7, 11) is 6.27. The molecule has 2 aliphatic rings. The van der Waals surface area contributed by atoms with E-state index in [0.717, 1.165) is 59.5 Å². The standard InChI is InChI=1S/C20H31N2O3P.C2H6/c1-5-6-18(21(2)3)19-8-7-17(15-26-19)25-14-11-16-9-12-22(13-10-16)20(23)24-4;1-2/h5-8,16,26H,1,9-15H2,2-4H3;1-2H3/b18-6-;. The smallest absolute Gasteiger partial charge is 0.409 e. The summed E-state index contributed by atoms with van der Waals surface area (Å²) in [6.45, 7) is 10.1. The van der Waals surface area contributed by atoms with Crippen molar-refractivity contribution in [3.05, 3.63) is 47.7 Å². The third-order valence-corrected chi connectivity index (χ3v) is 6.11. The van der Waals surface area contributed by atoms with E-state index in [0.29, 0.717) is 5.92 Å². The molecule has 6 heteroatoms. The number of carbonyl (C=O) groups excluding carboxylic acids is 1. The van der Waals surface area contributed by atoms with Crippen LogP contribution < -0.4 is 0 Å². The van der Waals surface area contributed by atoms with E-state index >= 15 is 0 Å². The number of hydrogen-bond acceptors (Lipinski definition) is 4. The van der Waals surface area contributed by atoms with Crippen LogP contribution in [0.15, 0.2) is 47.7 Å². The van der Waals surface area contributed by atoms with Crippen LogP contribution >= 0.6 is 8.58 Å². The molecule has 1 atom stereocenters. The fourth-order valence-electron chi connectivity index (χ4n) is 3.23. The van der Waals surface area contributed by atoms with Gasteiger partial charge in [-0.3, -0.25) is 0 Å². The first kappa shape index (κ1) is 24.3. The molecule has 28 heavy (non-hydrogen) atoms. The highest BCUT2D eigenvalue weighted by atomic mass is 31.1. The van der Waals surface area contributed by atoms with E-state index in [9.17, 15) is 4.79 Å². The summed E-state index contributed by atoms with van der Waals surface area (Å²) in [6.07, 6.45) is 12.0. The highest BCUT2D eigenvalue weighted by molar-refractivity contribution is 7.43. The Kier molecular flexibility index (Phi) is 11.7. The number of likely N-dealkylation sites (N-methyl/N-ethyl adjacent to an activating group) is 1. The second-order valence-electron chi connectivity index (χ2n) is 6.79. The summed E-state index contributed by atoms with van der Waals surface area (Å²) in [6, 6.07) is 0. The van der Waals surface area contributed by atoms with Crippen molar-refractivity contribution in [2.75, 3.05) is 47.1 Å². The first-order valence-corrected chi connectivity index (χ1v) is 11.4. The van der Waals surface area contributed by atoms with Crippen molar-refractivity contribution in [3.8, 4) is 0 Å². The molecule has 0 saturated carbocycles. The van der Waals surface area contributed by atoms with Crippen molar-refractivity contribution < 1.29 is 14.3 Å². The molecule has 0 aromatic carbocycles. The topological polar surface area (TPSA) is 42.0 Å². The Morgan fingerprint density at radius 3 is 2.50 bits per heavy atom. The second-order valence-corrected chi connectivity index (χ2v) is 8.03. The second kappa shape index (κ2) is 13.4. The van der Waals surface area contributed by atoms with Crippen molar-refractivity contribution in [2.24, 2.45) is 5.92 Å². The number of carbonyl (C=O) groups is 1. The van der Waals surface area contributed by atoms with Gasteiger partial charge >= 0.3 is 6.09 Å². The predicted octanol–water partition coefficient (Wildman–Crippen LogP) is 4.99. The van der Waals surface area contributed by atoms with Crippen LogP contribution in [0.4, 0.5) is 4.79 Å². The van der Waals surface area contributed by atoms with Gasteiger partial charge in [0.05, 0.1) is 13.7 Å². The zero-order chi connectivity index (χ0) is 20.9. The molecular formula is C22H37N2O3P. The van der Waals surface area contributed by atoms with E-state index in [4.69, 9.17) is 9.47 Å². The highest BCUT2D eigenvalue weighted by Gasteiger charge is 2.23. The summed E-state index contributed by atoms with van der Waals surface area (Å²) in [5, 5.41) is 1.34. The summed E-state index contributed by atoms with van der Waals surface area (Å²) in [4.78, 5) is 15.4. The molecule has 1 saturated heterocycles. The molecule has 0 spiro atoms. The summed E-state index contributed by atoms with van der Waals surface area (Å²) < 4.78 is 10.8. The summed E-state index contributed by atoms with van der Waals surface area (Å²) in [5.41, 5.74) is 1.21. The van der Waals surface area contributed by atoms with Crippen LogP contribution in [0.3, 0.4) is 0 Å². The van der Waals surface area contributed by atoms with Crippen LogP contribution in [0.5, 0.6) is 0 Å². The zero-order valence-electron chi connectivity index (χ0n) is 18.2. The van der Waals surface area contributed by atoms with E-state index in [2.05, 4.69) is 43.8 Å². The lowest BCUT2D eigenvalue weighted by Crippen LogP contribution is -2.38. The van der Waals surface area contributed by atoms with Gasteiger partial charge in [-0.25, -0.2) is 4.79 Å². The van der Waals surface area contributed by atoms with Gasteiger partial charge in [-0.05, 0) is 48.7 Å². The quantitative estimate of drug-likeness (QED) is 0.440. The van der Waals surface area contributed by atoms with Gasteiger partial charge in [0.1, 0.15) is 5.76 Å². The Balaban J connectivity index is 0.00000190. The number of amides is 1. The molecule has 2 aliphatic heterocycles. The maximum absolute atomic E-state index is 11.5. The van der Waals surface area contributed by atoms with E-state index in [-0.39, 0.29) is 6.09 Å². The third kappa shape index (κ3) is 7.71.